The summed E-state index contributed by atoms with van der Waals surface area (Å²) in [5.74, 6) is -0.0756. The summed E-state index contributed by atoms with van der Waals surface area (Å²) in [5.41, 5.74) is 0. The second kappa shape index (κ2) is 51.0. The van der Waals surface area contributed by atoms with Crippen LogP contribution >= 0.6 is 0 Å². The zero-order valence-electron chi connectivity index (χ0n) is 40.9. The number of aliphatic hydroxyl groups is 2. The molecule has 0 heterocycles. The molecule has 0 spiro atoms. The van der Waals surface area contributed by atoms with Crippen molar-refractivity contribution >= 4 is 11.9 Å². The molecule has 1 amide bonds. The van der Waals surface area contributed by atoms with Gasteiger partial charge in [-0.1, -0.05) is 244 Å². The number of carbonyl (C=O) groups is 2. The summed E-state index contributed by atoms with van der Waals surface area (Å²) in [4.78, 5) is 24.5. The van der Waals surface area contributed by atoms with Crippen LogP contribution in [0.25, 0.3) is 0 Å². The van der Waals surface area contributed by atoms with Crippen molar-refractivity contribution in [2.75, 3.05) is 13.2 Å². The van der Waals surface area contributed by atoms with Gasteiger partial charge in [-0.2, -0.15) is 0 Å². The molecule has 0 saturated heterocycles. The number of esters is 1. The van der Waals surface area contributed by atoms with Gasteiger partial charge in [-0.15, -0.1) is 0 Å². The van der Waals surface area contributed by atoms with Crippen LogP contribution in [0.3, 0.4) is 0 Å². The molecule has 0 aromatic heterocycles. The van der Waals surface area contributed by atoms with E-state index in [9.17, 15) is 19.8 Å². The normalized spacial score (nSPS) is 12.8. The second-order valence-electron chi connectivity index (χ2n) is 18.6. The quantitative estimate of drug-likeness (QED) is 0.0322. The number of rotatable bonds is 50. The molecule has 0 radical (unpaired) electrons. The number of hydrogen-bond acceptors (Lipinski definition) is 5. The highest BCUT2D eigenvalue weighted by Gasteiger charge is 2.20. The topological polar surface area (TPSA) is 95.9 Å². The largest absolute Gasteiger partial charge is 0.466 e. The van der Waals surface area contributed by atoms with Gasteiger partial charge in [0.2, 0.25) is 5.91 Å². The van der Waals surface area contributed by atoms with Gasteiger partial charge < -0.3 is 20.3 Å². The number of unbranched alkanes of at least 4 members (excludes halogenated alkanes) is 36. The summed E-state index contributed by atoms with van der Waals surface area (Å²) in [6, 6.07) is -0.557. The van der Waals surface area contributed by atoms with E-state index in [4.69, 9.17) is 4.74 Å². The molecule has 6 heteroatoms. The van der Waals surface area contributed by atoms with E-state index in [-0.39, 0.29) is 18.5 Å². The Hall–Kier alpha value is -1.66. The van der Waals surface area contributed by atoms with Gasteiger partial charge in [0.05, 0.1) is 25.4 Å². The highest BCUT2D eigenvalue weighted by atomic mass is 16.5. The zero-order valence-corrected chi connectivity index (χ0v) is 40.9. The van der Waals surface area contributed by atoms with Crippen LogP contribution in [0.15, 0.2) is 24.3 Å². The molecule has 0 fully saturated rings. The lowest BCUT2D eigenvalue weighted by molar-refractivity contribution is -0.143. The predicted octanol–water partition coefficient (Wildman–Crippen LogP) is 16.3. The van der Waals surface area contributed by atoms with Gasteiger partial charge in [0.1, 0.15) is 0 Å². The van der Waals surface area contributed by atoms with Gasteiger partial charge in [0, 0.05) is 12.8 Å². The van der Waals surface area contributed by atoms with Gasteiger partial charge in [0.15, 0.2) is 0 Å². The van der Waals surface area contributed by atoms with Crippen molar-refractivity contribution in [3.05, 3.63) is 24.3 Å². The minimum atomic E-state index is -0.677. The van der Waals surface area contributed by atoms with Gasteiger partial charge in [-0.25, -0.2) is 0 Å². The van der Waals surface area contributed by atoms with Crippen molar-refractivity contribution in [1.82, 2.24) is 5.32 Å². The van der Waals surface area contributed by atoms with Crippen molar-refractivity contribution in [3.63, 3.8) is 0 Å². The molecule has 0 aromatic carbocycles. The van der Waals surface area contributed by atoms with E-state index in [0.717, 1.165) is 77.0 Å². The maximum absolute atomic E-state index is 12.4. The van der Waals surface area contributed by atoms with E-state index in [1.807, 2.05) is 0 Å². The average Bonchev–Trinajstić information content (AvgIpc) is 3.26. The monoisotopic (exact) mass is 860 g/mol. The first kappa shape index (κ1) is 59.3. The van der Waals surface area contributed by atoms with Gasteiger partial charge in [-0.05, 0) is 57.8 Å². The van der Waals surface area contributed by atoms with Gasteiger partial charge >= 0.3 is 5.97 Å². The van der Waals surface area contributed by atoms with E-state index in [1.54, 1.807) is 0 Å². The van der Waals surface area contributed by atoms with E-state index < -0.39 is 12.1 Å². The third-order valence-corrected chi connectivity index (χ3v) is 12.5. The summed E-state index contributed by atoms with van der Waals surface area (Å²) >= 11 is 0. The third-order valence-electron chi connectivity index (χ3n) is 12.5. The first-order valence-electron chi connectivity index (χ1n) is 27.1. The minimum absolute atomic E-state index is 0.0188. The Bertz CT molecular complexity index is 951. The van der Waals surface area contributed by atoms with Crippen LogP contribution in [-0.2, 0) is 14.3 Å². The maximum atomic E-state index is 12.4. The Balaban J connectivity index is 3.51. The SMILES string of the molecule is CCCCCCCCCCCCCCCCCC(=O)OCCCCC/C=C\C=C/CCCCCCCCC(=O)NC(CO)C(O)CCCCCCCCCCCCCCCC. The fourth-order valence-corrected chi connectivity index (χ4v) is 8.34. The van der Waals surface area contributed by atoms with E-state index in [2.05, 4.69) is 43.5 Å². The average molecular weight is 860 g/mol. The van der Waals surface area contributed by atoms with Crippen molar-refractivity contribution < 1.29 is 24.5 Å². The summed E-state index contributed by atoms with van der Waals surface area (Å²) in [6.07, 6.45) is 60.1. The fourth-order valence-electron chi connectivity index (χ4n) is 8.34. The lowest BCUT2D eigenvalue weighted by Gasteiger charge is -2.22. The van der Waals surface area contributed by atoms with Crippen LogP contribution in [0.5, 0.6) is 0 Å². The molecular weight excluding hydrogens is 755 g/mol. The smallest absolute Gasteiger partial charge is 0.305 e. The molecule has 0 saturated carbocycles. The summed E-state index contributed by atoms with van der Waals surface area (Å²) < 4.78 is 5.45. The second-order valence-corrected chi connectivity index (χ2v) is 18.6. The van der Waals surface area contributed by atoms with Crippen molar-refractivity contribution in [3.8, 4) is 0 Å². The summed E-state index contributed by atoms with van der Waals surface area (Å²) in [5, 5.41) is 23.2. The Morgan fingerprint density at radius 2 is 0.803 bits per heavy atom. The van der Waals surface area contributed by atoms with Gasteiger partial charge in [-0.3, -0.25) is 9.59 Å². The van der Waals surface area contributed by atoms with Crippen molar-refractivity contribution in [2.45, 2.75) is 302 Å². The molecule has 0 rings (SSSR count). The minimum Gasteiger partial charge on any atom is -0.466 e. The number of hydrogen-bond donors (Lipinski definition) is 3. The van der Waals surface area contributed by atoms with Crippen LogP contribution in [0.2, 0.25) is 0 Å². The highest BCUT2D eigenvalue weighted by Crippen LogP contribution is 2.17. The van der Waals surface area contributed by atoms with Crippen LogP contribution in [-0.4, -0.2) is 47.4 Å². The first-order chi connectivity index (χ1) is 30.0. The molecular formula is C55H105NO5. The van der Waals surface area contributed by atoms with Crippen LogP contribution in [0, 0.1) is 0 Å². The van der Waals surface area contributed by atoms with E-state index in [0.29, 0.717) is 25.9 Å². The Labute approximate surface area is 380 Å². The number of ether oxygens (including phenoxy) is 1. The van der Waals surface area contributed by atoms with Crippen LogP contribution < -0.4 is 5.32 Å². The predicted molar refractivity (Wildman–Crippen MR) is 264 cm³/mol. The Morgan fingerprint density at radius 3 is 1.21 bits per heavy atom. The number of amides is 1. The lowest BCUT2D eigenvalue weighted by atomic mass is 10.0. The van der Waals surface area contributed by atoms with E-state index >= 15 is 0 Å². The molecule has 6 nitrogen and oxygen atoms in total. The number of aliphatic hydroxyl groups excluding tert-OH is 2. The standard InChI is InChI=1S/C55H105NO5/c1-3-5-7-9-11-13-15-17-20-25-29-33-37-41-45-49-55(60)61-50-46-42-38-34-30-26-22-19-21-24-28-32-36-40-44-48-54(59)56-52(51-57)53(58)47-43-39-35-31-27-23-18-16-14-12-10-8-6-4-2/h19,22,26,30,52-53,57-58H,3-18,20-21,23-25,27-29,31-51H2,1-2H3,(H,56,59)/b22-19-,30-26-. The van der Waals surface area contributed by atoms with Crippen LogP contribution in [0.1, 0.15) is 290 Å². The molecule has 0 aliphatic heterocycles. The summed E-state index contributed by atoms with van der Waals surface area (Å²) in [7, 11) is 0. The van der Waals surface area contributed by atoms with E-state index in [1.165, 1.54) is 180 Å². The lowest BCUT2D eigenvalue weighted by Crippen LogP contribution is -2.45. The molecule has 360 valence electrons. The highest BCUT2D eigenvalue weighted by molar-refractivity contribution is 5.76. The third kappa shape index (κ3) is 47.7. The summed E-state index contributed by atoms with van der Waals surface area (Å²) in [6.45, 7) is 4.90. The zero-order chi connectivity index (χ0) is 44.4. The van der Waals surface area contributed by atoms with Crippen molar-refractivity contribution in [1.29, 1.82) is 0 Å². The molecule has 61 heavy (non-hydrogen) atoms. The molecule has 2 atom stereocenters. The first-order valence-corrected chi connectivity index (χ1v) is 27.1. The van der Waals surface area contributed by atoms with Gasteiger partial charge in [0.25, 0.3) is 0 Å². The number of nitrogens with one attached hydrogen (secondary N) is 1. The molecule has 0 aliphatic rings. The molecule has 2 unspecified atom stereocenters. The molecule has 0 bridgehead atoms. The molecule has 3 N–H and O–H groups in total. The number of carbonyl (C=O) groups excluding carboxylic acids is 2. The Morgan fingerprint density at radius 1 is 0.459 bits per heavy atom. The van der Waals surface area contributed by atoms with Crippen molar-refractivity contribution in [2.24, 2.45) is 0 Å². The number of allylic oxidation sites excluding steroid dienone is 4. The van der Waals surface area contributed by atoms with Crippen LogP contribution in [0.4, 0.5) is 0 Å². The fraction of sp³-hybridized carbons (Fsp3) is 0.891. The maximum Gasteiger partial charge on any atom is 0.305 e. The molecule has 0 aromatic rings. The molecule has 0 aliphatic carbocycles. The Kier molecular flexibility index (Phi) is 49.6.